The lowest BCUT2D eigenvalue weighted by Gasteiger charge is -2.09. The molecule has 35 heavy (non-hydrogen) atoms. The lowest BCUT2D eigenvalue weighted by molar-refractivity contribution is -0.118. The number of nitrogens with zero attached hydrogens (tertiary/aromatic N) is 5. The molecule has 0 aliphatic heterocycles. The minimum absolute atomic E-state index is 0.0594. The number of pyridine rings is 3. The summed E-state index contributed by atoms with van der Waals surface area (Å²) in [5.74, 6) is 0.474. The molecule has 0 saturated carbocycles. The Hall–Kier alpha value is -4.44. The van der Waals surface area contributed by atoms with Gasteiger partial charge in [0.1, 0.15) is 11.2 Å². The number of amides is 1. The summed E-state index contributed by atoms with van der Waals surface area (Å²) in [7, 11) is 0. The first-order chi connectivity index (χ1) is 17.1. The predicted octanol–water partition coefficient (Wildman–Crippen LogP) is 5.28. The number of imidazole rings is 1. The number of nitrogens with one attached hydrogen (secondary N) is 3. The Bertz CT molecular complexity index is 1680. The van der Waals surface area contributed by atoms with E-state index >= 15 is 0 Å². The molecule has 0 bridgehead atoms. The molecule has 3 N–H and O–H groups in total. The van der Waals surface area contributed by atoms with Crippen molar-refractivity contribution in [1.82, 2.24) is 35.1 Å². The Morgan fingerprint density at radius 1 is 1.06 bits per heavy atom. The first-order valence-electron chi connectivity index (χ1n) is 11.0. The van der Waals surface area contributed by atoms with Crippen molar-refractivity contribution < 1.29 is 4.79 Å². The highest BCUT2D eigenvalue weighted by Gasteiger charge is 2.17. The van der Waals surface area contributed by atoms with E-state index in [1.54, 1.807) is 36.1 Å². The van der Waals surface area contributed by atoms with E-state index in [1.807, 2.05) is 43.5 Å². The van der Waals surface area contributed by atoms with E-state index in [-0.39, 0.29) is 11.8 Å². The molecule has 0 atom stereocenters. The summed E-state index contributed by atoms with van der Waals surface area (Å²) >= 11 is 1.62. The van der Waals surface area contributed by atoms with Crippen molar-refractivity contribution in [1.29, 1.82) is 0 Å². The molecule has 1 amide bonds. The van der Waals surface area contributed by atoms with Crippen LogP contribution in [0.25, 0.3) is 56.0 Å². The van der Waals surface area contributed by atoms with Crippen LogP contribution in [0.4, 0.5) is 5.69 Å². The molecule has 0 fully saturated rings. The van der Waals surface area contributed by atoms with Crippen LogP contribution in [0, 0.1) is 5.92 Å². The van der Waals surface area contributed by atoms with Gasteiger partial charge in [-0.1, -0.05) is 13.8 Å². The topological polar surface area (TPSA) is 125 Å². The summed E-state index contributed by atoms with van der Waals surface area (Å²) < 4.78 is 0. The van der Waals surface area contributed by atoms with Gasteiger partial charge in [-0.15, -0.1) is 0 Å². The van der Waals surface area contributed by atoms with Crippen molar-refractivity contribution in [3.05, 3.63) is 59.8 Å². The van der Waals surface area contributed by atoms with Gasteiger partial charge in [0.05, 0.1) is 28.5 Å². The molecule has 0 saturated heterocycles. The molecule has 6 aromatic rings. The fourth-order valence-corrected chi connectivity index (χ4v) is 4.50. The minimum Gasteiger partial charge on any atom is -0.337 e. The third kappa shape index (κ3) is 3.83. The van der Waals surface area contributed by atoms with Crippen LogP contribution in [0.1, 0.15) is 13.8 Å². The van der Waals surface area contributed by atoms with Crippen LogP contribution in [0.5, 0.6) is 0 Å². The zero-order valence-corrected chi connectivity index (χ0v) is 19.7. The minimum atomic E-state index is -0.121. The number of H-pyrrole nitrogens is 2. The predicted molar refractivity (Wildman–Crippen MR) is 137 cm³/mol. The molecule has 6 aromatic heterocycles. The number of carbonyl (C=O) groups excluding carboxylic acids is 1. The van der Waals surface area contributed by atoms with Crippen molar-refractivity contribution in [2.24, 2.45) is 5.92 Å². The van der Waals surface area contributed by atoms with Gasteiger partial charge in [-0.2, -0.15) is 16.4 Å². The van der Waals surface area contributed by atoms with Crippen molar-refractivity contribution in [3.8, 4) is 33.9 Å². The molecular formula is C25H20N8OS. The molecular weight excluding hydrogens is 460 g/mol. The number of aromatic nitrogens is 7. The SMILES string of the molecule is CC(C)C(=O)Nc1cncc(-c2cnc3n[nH]c(-c4nc5c(-c6ccsc6)nccc5[nH]4)c3c2)c1. The molecule has 0 aliphatic carbocycles. The standard InChI is InChI=1S/C25H20N8OS/c1-13(2)25(34)29-17-7-15(9-26-11-17)16-8-18-21(32-33-23(18)28-10-16)24-30-19-3-5-27-20(22(19)31-24)14-4-6-35-12-14/h3-13H,1-2H3,(H,29,34)(H,30,31)(H,28,32,33). The van der Waals surface area contributed by atoms with E-state index in [0.29, 0.717) is 17.2 Å². The lowest BCUT2D eigenvalue weighted by atomic mass is 10.1. The molecule has 0 spiro atoms. The maximum absolute atomic E-state index is 12.1. The Kier molecular flexibility index (Phi) is 5.07. The number of anilines is 1. The Morgan fingerprint density at radius 2 is 1.94 bits per heavy atom. The maximum atomic E-state index is 12.1. The molecule has 10 heteroatoms. The quantitative estimate of drug-likeness (QED) is 0.308. The van der Waals surface area contributed by atoms with E-state index < -0.39 is 0 Å². The first kappa shape index (κ1) is 21.1. The summed E-state index contributed by atoms with van der Waals surface area (Å²) in [6, 6.07) is 7.83. The van der Waals surface area contributed by atoms with Crippen molar-refractivity contribution in [3.63, 3.8) is 0 Å². The van der Waals surface area contributed by atoms with Gasteiger partial charge in [-0.25, -0.2) is 9.97 Å². The largest absolute Gasteiger partial charge is 0.337 e. The number of thiophene rings is 1. The lowest BCUT2D eigenvalue weighted by Crippen LogP contribution is -2.17. The van der Waals surface area contributed by atoms with Crippen LogP contribution < -0.4 is 5.32 Å². The van der Waals surface area contributed by atoms with Crippen LogP contribution in [0.3, 0.4) is 0 Å². The first-order valence-corrected chi connectivity index (χ1v) is 12.0. The van der Waals surface area contributed by atoms with Crippen LogP contribution in [0.2, 0.25) is 0 Å². The van der Waals surface area contributed by atoms with E-state index in [2.05, 4.69) is 40.8 Å². The second-order valence-corrected chi connectivity index (χ2v) is 9.23. The Balaban J connectivity index is 1.41. The number of hydrogen-bond donors (Lipinski definition) is 3. The summed E-state index contributed by atoms with van der Waals surface area (Å²) in [6.07, 6.45) is 6.90. The third-order valence-corrected chi connectivity index (χ3v) is 6.39. The van der Waals surface area contributed by atoms with Gasteiger partial charge in [0.25, 0.3) is 0 Å². The fraction of sp³-hybridized carbons (Fsp3) is 0.120. The van der Waals surface area contributed by atoms with Crippen LogP contribution in [-0.2, 0) is 4.79 Å². The summed E-state index contributed by atoms with van der Waals surface area (Å²) in [5, 5.41) is 15.2. The smallest absolute Gasteiger partial charge is 0.226 e. The molecule has 0 radical (unpaired) electrons. The Labute approximate surface area is 203 Å². The van der Waals surface area contributed by atoms with Crippen molar-refractivity contribution >= 4 is 45.0 Å². The molecule has 6 heterocycles. The van der Waals surface area contributed by atoms with E-state index in [4.69, 9.17) is 4.98 Å². The van der Waals surface area contributed by atoms with Crippen molar-refractivity contribution in [2.75, 3.05) is 5.32 Å². The van der Waals surface area contributed by atoms with Gasteiger partial charge in [-0.05, 0) is 29.6 Å². The highest BCUT2D eigenvalue weighted by molar-refractivity contribution is 7.08. The number of hydrogen-bond acceptors (Lipinski definition) is 7. The van der Waals surface area contributed by atoms with Crippen LogP contribution in [0.15, 0.2) is 59.8 Å². The van der Waals surface area contributed by atoms with E-state index in [0.717, 1.165) is 44.5 Å². The zero-order valence-electron chi connectivity index (χ0n) is 18.9. The van der Waals surface area contributed by atoms with Gasteiger partial charge in [0.15, 0.2) is 11.5 Å². The van der Waals surface area contributed by atoms with Crippen molar-refractivity contribution in [2.45, 2.75) is 13.8 Å². The summed E-state index contributed by atoms with van der Waals surface area (Å²) in [6.45, 7) is 3.70. The highest BCUT2D eigenvalue weighted by Crippen LogP contribution is 2.32. The van der Waals surface area contributed by atoms with Crippen LogP contribution in [-0.4, -0.2) is 41.0 Å². The van der Waals surface area contributed by atoms with Gasteiger partial charge in [-0.3, -0.25) is 19.9 Å². The van der Waals surface area contributed by atoms with E-state index in [9.17, 15) is 4.79 Å². The second kappa shape index (κ2) is 8.41. The molecule has 6 rings (SSSR count). The molecule has 172 valence electrons. The van der Waals surface area contributed by atoms with Crippen LogP contribution >= 0.6 is 11.3 Å². The zero-order chi connectivity index (χ0) is 23.9. The number of carbonyl (C=O) groups is 1. The fourth-order valence-electron chi connectivity index (χ4n) is 3.86. The van der Waals surface area contributed by atoms with E-state index in [1.165, 1.54) is 0 Å². The molecule has 0 unspecified atom stereocenters. The van der Waals surface area contributed by atoms with Gasteiger partial charge in [0.2, 0.25) is 5.91 Å². The van der Waals surface area contributed by atoms with Gasteiger partial charge in [0, 0.05) is 46.6 Å². The highest BCUT2D eigenvalue weighted by atomic mass is 32.1. The number of rotatable bonds is 5. The number of fused-ring (bicyclic) bond motifs is 2. The average Bonchev–Trinajstić information content (AvgIpc) is 3.62. The maximum Gasteiger partial charge on any atom is 0.226 e. The van der Waals surface area contributed by atoms with Gasteiger partial charge >= 0.3 is 0 Å². The average molecular weight is 481 g/mol. The monoisotopic (exact) mass is 480 g/mol. The van der Waals surface area contributed by atoms with Gasteiger partial charge < -0.3 is 10.3 Å². The molecule has 0 aromatic carbocycles. The normalized spacial score (nSPS) is 11.5. The third-order valence-electron chi connectivity index (χ3n) is 5.71. The summed E-state index contributed by atoms with van der Waals surface area (Å²) in [4.78, 5) is 33.7. The molecule has 0 aliphatic rings. The molecule has 9 nitrogen and oxygen atoms in total. The number of aromatic amines is 2. The Morgan fingerprint density at radius 3 is 2.77 bits per heavy atom. The summed E-state index contributed by atoms with van der Waals surface area (Å²) in [5.41, 5.74) is 7.20. The second-order valence-electron chi connectivity index (χ2n) is 8.45.